The molecule has 3 aliphatic rings. The molecule has 19 nitrogen and oxygen atoms in total. The van der Waals surface area contributed by atoms with Gasteiger partial charge in [-0.1, -0.05) is 316 Å². The zero-order chi connectivity index (χ0) is 76.0. The topological polar surface area (TPSA) is 307 Å². The molecule has 0 aromatic rings. The molecule has 0 spiro atoms. The fraction of sp³-hybridized carbons (Fsp3) is 0.779. The maximum Gasteiger partial charge on any atom is 0.220 e. The highest BCUT2D eigenvalue weighted by Crippen LogP contribution is 2.33. The van der Waals surface area contributed by atoms with Crippen LogP contribution in [0.5, 0.6) is 0 Å². The lowest BCUT2D eigenvalue weighted by molar-refractivity contribution is -0.379. The highest BCUT2D eigenvalue weighted by molar-refractivity contribution is 5.76. The molecule has 0 aliphatic carbocycles. The average Bonchev–Trinajstić information content (AvgIpc) is 0.781. The summed E-state index contributed by atoms with van der Waals surface area (Å²) in [7, 11) is 0. The van der Waals surface area contributed by atoms with Crippen molar-refractivity contribution in [3.8, 4) is 0 Å². The Morgan fingerprint density at radius 1 is 0.352 bits per heavy atom. The molecule has 1 amide bonds. The Kier molecular flexibility index (Phi) is 59.4. The summed E-state index contributed by atoms with van der Waals surface area (Å²) in [6, 6.07) is -0.979. The molecule has 17 atom stereocenters. The minimum absolute atomic E-state index is 0.240. The van der Waals surface area contributed by atoms with Crippen LogP contribution < -0.4 is 5.32 Å². The summed E-state index contributed by atoms with van der Waals surface area (Å²) >= 11 is 0. The second-order valence-electron chi connectivity index (χ2n) is 29.2. The first-order valence-electron chi connectivity index (χ1n) is 41.6. The molecule has 3 rings (SSSR count). The number of aliphatic hydroxyl groups is 11. The number of aliphatic hydroxyl groups excluding tert-OH is 11. The molecule has 0 bridgehead atoms. The first kappa shape index (κ1) is 95.7. The van der Waals surface area contributed by atoms with Crippen molar-refractivity contribution in [1.29, 1.82) is 0 Å². The van der Waals surface area contributed by atoms with E-state index in [0.29, 0.717) is 6.42 Å². The zero-order valence-electron chi connectivity index (χ0n) is 64.9. The highest BCUT2D eigenvalue weighted by atomic mass is 16.8. The molecule has 19 heteroatoms. The molecule has 0 aromatic heterocycles. The van der Waals surface area contributed by atoms with Crippen molar-refractivity contribution in [3.63, 3.8) is 0 Å². The Balaban J connectivity index is 1.31. The molecular formula is C86H149NO18. The Hall–Kier alpha value is -3.55. The van der Waals surface area contributed by atoms with Gasteiger partial charge in [0.25, 0.3) is 0 Å². The van der Waals surface area contributed by atoms with Crippen LogP contribution in [0.4, 0.5) is 0 Å². The summed E-state index contributed by atoms with van der Waals surface area (Å²) in [5.41, 5.74) is 0. The highest BCUT2D eigenvalue weighted by Gasteiger charge is 2.54. The molecule has 0 saturated carbocycles. The van der Waals surface area contributed by atoms with E-state index in [9.17, 15) is 61.0 Å². The minimum Gasteiger partial charge on any atom is -0.394 e. The van der Waals surface area contributed by atoms with Gasteiger partial charge in [-0.3, -0.25) is 4.79 Å². The van der Waals surface area contributed by atoms with Crippen molar-refractivity contribution in [2.75, 3.05) is 26.4 Å². The van der Waals surface area contributed by atoms with E-state index in [4.69, 9.17) is 28.4 Å². The molecule has 3 aliphatic heterocycles. The Morgan fingerprint density at radius 3 is 1.03 bits per heavy atom. The molecule has 3 saturated heterocycles. The first-order chi connectivity index (χ1) is 51.3. The van der Waals surface area contributed by atoms with Crippen LogP contribution in [0.2, 0.25) is 0 Å². The lowest BCUT2D eigenvalue weighted by Gasteiger charge is -2.48. The molecule has 12 N–H and O–H groups in total. The Morgan fingerprint density at radius 2 is 0.657 bits per heavy atom. The van der Waals surface area contributed by atoms with Gasteiger partial charge in [0, 0.05) is 6.42 Å². The molecule has 17 unspecified atom stereocenters. The van der Waals surface area contributed by atoms with Crippen molar-refractivity contribution in [1.82, 2.24) is 5.32 Å². The molecular weight excluding hydrogens is 1330 g/mol. The van der Waals surface area contributed by atoms with Crippen LogP contribution in [0.25, 0.3) is 0 Å². The molecule has 3 heterocycles. The van der Waals surface area contributed by atoms with E-state index in [0.717, 1.165) is 96.3 Å². The Labute approximate surface area is 634 Å². The third-order valence-electron chi connectivity index (χ3n) is 20.1. The summed E-state index contributed by atoms with van der Waals surface area (Å²) < 4.78 is 34.5. The summed E-state index contributed by atoms with van der Waals surface area (Å²) in [5.74, 6) is -0.275. The van der Waals surface area contributed by atoms with Crippen molar-refractivity contribution < 1.29 is 89.4 Å². The minimum atomic E-state index is -1.98. The van der Waals surface area contributed by atoms with E-state index in [2.05, 4.69) is 116 Å². The number of rotatable bonds is 65. The van der Waals surface area contributed by atoms with E-state index in [1.165, 1.54) is 173 Å². The molecule has 0 radical (unpaired) electrons. The third kappa shape index (κ3) is 44.8. The average molecular weight is 1490 g/mol. The normalized spacial score (nSPS) is 26.4. The fourth-order valence-corrected chi connectivity index (χ4v) is 13.4. The van der Waals surface area contributed by atoms with Gasteiger partial charge in [0.05, 0.1) is 38.6 Å². The van der Waals surface area contributed by atoms with E-state index in [-0.39, 0.29) is 18.9 Å². The monoisotopic (exact) mass is 1480 g/mol. The van der Waals surface area contributed by atoms with Gasteiger partial charge in [-0.2, -0.15) is 0 Å². The van der Waals surface area contributed by atoms with Crippen LogP contribution in [0.3, 0.4) is 0 Å². The van der Waals surface area contributed by atoms with Crippen LogP contribution in [0.1, 0.15) is 296 Å². The zero-order valence-corrected chi connectivity index (χ0v) is 64.9. The standard InChI is InChI=1S/C86H149NO18/c1-3-5-7-9-11-13-15-17-19-21-23-24-25-26-27-28-29-30-31-32-33-34-35-36-37-38-39-40-41-42-43-44-46-48-50-52-54-56-58-60-62-64-74(92)87-69(70(91)63-61-59-57-55-53-51-49-47-45-22-20-18-16-14-12-10-8-6-4-2)68-100-84-80(98)77(95)82(72(66-89)102-84)105-86-81(99)78(96)83(73(67-90)103-86)104-85-79(97)76(94)75(93)71(65-88)101-85/h5,7,11,13,17,19,23-24,26-27,29-30,32-33,35-36,61,63,69-73,75-86,88-91,93-99H,3-4,6,8-10,12,14-16,18,20-22,25,28,31,34,37-60,62,64-68H2,1-2H3,(H,87,92)/b7-5-,13-11-,19-17-,24-23-,27-26-,30-29-,33-32-,36-35-,63-61+. The number of carbonyl (C=O) groups excluding carboxylic acids is 1. The fourth-order valence-electron chi connectivity index (χ4n) is 13.4. The second kappa shape index (κ2) is 65.2. The van der Waals surface area contributed by atoms with E-state index in [1.54, 1.807) is 6.08 Å². The maximum absolute atomic E-state index is 13.5. The number of nitrogens with one attached hydrogen (secondary N) is 1. The van der Waals surface area contributed by atoms with Crippen LogP contribution in [0.15, 0.2) is 109 Å². The van der Waals surface area contributed by atoms with Gasteiger partial charge in [0.1, 0.15) is 73.2 Å². The molecule has 606 valence electrons. The number of unbranched alkanes of at least 4 members (excludes halogenated alkanes) is 33. The summed E-state index contributed by atoms with van der Waals surface area (Å²) in [6.45, 7) is 1.64. The number of ether oxygens (including phenoxy) is 6. The number of amides is 1. The van der Waals surface area contributed by atoms with Crippen molar-refractivity contribution in [2.45, 2.75) is 401 Å². The van der Waals surface area contributed by atoms with Gasteiger partial charge in [0.2, 0.25) is 5.91 Å². The molecule has 3 fully saturated rings. The molecule has 0 aromatic carbocycles. The van der Waals surface area contributed by atoms with E-state index >= 15 is 0 Å². The predicted octanol–water partition coefficient (Wildman–Crippen LogP) is 14.5. The van der Waals surface area contributed by atoms with Gasteiger partial charge < -0.3 is 89.9 Å². The van der Waals surface area contributed by atoms with Gasteiger partial charge in [-0.25, -0.2) is 0 Å². The maximum atomic E-state index is 13.5. The largest absolute Gasteiger partial charge is 0.394 e. The van der Waals surface area contributed by atoms with Crippen molar-refractivity contribution in [2.24, 2.45) is 0 Å². The quantitative estimate of drug-likeness (QED) is 0.0199. The first-order valence-corrected chi connectivity index (χ1v) is 41.6. The van der Waals surface area contributed by atoms with Gasteiger partial charge in [-0.05, 0) is 83.5 Å². The number of carbonyl (C=O) groups is 1. The van der Waals surface area contributed by atoms with Crippen molar-refractivity contribution >= 4 is 5.91 Å². The lowest BCUT2D eigenvalue weighted by atomic mass is 9.96. The Bertz CT molecular complexity index is 2320. The predicted molar refractivity (Wildman–Crippen MR) is 420 cm³/mol. The van der Waals surface area contributed by atoms with E-state index < -0.39 is 124 Å². The lowest BCUT2D eigenvalue weighted by Crippen LogP contribution is -2.66. The van der Waals surface area contributed by atoms with Crippen LogP contribution >= 0.6 is 0 Å². The summed E-state index contributed by atoms with van der Waals surface area (Å²) in [4.78, 5) is 13.5. The van der Waals surface area contributed by atoms with Crippen molar-refractivity contribution in [3.05, 3.63) is 109 Å². The summed E-state index contributed by atoms with van der Waals surface area (Å²) in [6.07, 6.45) is 63.6. The van der Waals surface area contributed by atoms with Gasteiger partial charge in [-0.15, -0.1) is 0 Å². The van der Waals surface area contributed by atoms with Gasteiger partial charge in [0.15, 0.2) is 18.9 Å². The van der Waals surface area contributed by atoms with Gasteiger partial charge >= 0.3 is 0 Å². The van der Waals surface area contributed by atoms with Crippen LogP contribution in [0, 0.1) is 0 Å². The van der Waals surface area contributed by atoms with Crippen LogP contribution in [-0.4, -0.2) is 193 Å². The third-order valence-corrected chi connectivity index (χ3v) is 20.1. The van der Waals surface area contributed by atoms with E-state index in [1.807, 2.05) is 6.08 Å². The SMILES string of the molecule is CC/C=C\C/C=C\C/C=C\C/C=C\C/C=C\C/C=C\C/C=C\C/C=C\CCCCCCCCCCCCCCCCCCC(=O)NC(COC1OC(CO)C(OC2OC(CO)C(OC3OC(CO)C(O)C(O)C3O)C(O)C2O)C(O)C1O)C(O)/C=C/CCCCCCCCCCCCCCCCCCC. The summed E-state index contributed by atoms with van der Waals surface area (Å²) in [5, 5.41) is 121. The number of hydrogen-bond donors (Lipinski definition) is 12. The number of allylic oxidation sites excluding steroid dienone is 17. The molecule has 105 heavy (non-hydrogen) atoms. The second-order valence-corrected chi connectivity index (χ2v) is 29.2. The number of hydrogen-bond acceptors (Lipinski definition) is 18. The van der Waals surface area contributed by atoms with Crippen LogP contribution in [-0.2, 0) is 33.2 Å². The smallest absolute Gasteiger partial charge is 0.220 e.